The van der Waals surface area contributed by atoms with Gasteiger partial charge in [-0.3, -0.25) is 9.69 Å². The quantitative estimate of drug-likeness (QED) is 0.267. The Morgan fingerprint density at radius 1 is 1.05 bits per heavy atom. The number of likely N-dealkylation sites (tertiary alicyclic amines) is 1. The molecule has 4 N–H and O–H groups in total. The number of nitrogens with two attached hydrogens (primary N) is 1. The fourth-order valence-corrected chi connectivity index (χ4v) is 5.82. The number of nitrogens with zero attached hydrogens (tertiary/aromatic N) is 2. The molecule has 5 rings (SSSR count). The number of carbonyl (C=O) groups is 3. The Labute approximate surface area is 250 Å². The number of hydrogen-bond acceptors (Lipinski definition) is 8. The van der Waals surface area contributed by atoms with Gasteiger partial charge in [-0.1, -0.05) is 12.1 Å². The highest BCUT2D eigenvalue weighted by Crippen LogP contribution is 2.34. The molecule has 1 fully saturated rings. The Morgan fingerprint density at radius 3 is 2.47 bits per heavy atom. The molecule has 3 aromatic carbocycles. The summed E-state index contributed by atoms with van der Waals surface area (Å²) in [5.74, 6) is 0.574. The molecule has 3 amide bonds. The second-order valence-electron chi connectivity index (χ2n) is 11.4. The van der Waals surface area contributed by atoms with Crippen LogP contribution in [0.2, 0.25) is 0 Å². The number of ether oxygens (including phenoxy) is 3. The number of quaternary nitrogens is 1. The molecule has 11 nitrogen and oxygen atoms in total. The summed E-state index contributed by atoms with van der Waals surface area (Å²) >= 11 is 0. The molecule has 0 bridgehead atoms. The van der Waals surface area contributed by atoms with E-state index in [0.29, 0.717) is 41.0 Å². The summed E-state index contributed by atoms with van der Waals surface area (Å²) in [4.78, 5) is 40.8. The standard InChI is InChI=1S/C32H36N4O7/c1-36(18-22-7-14-28-29(17-22)43-20-42-28)15-3-4-25(19-36)35(30(38)27(33)16-21-5-12-26(37)13-6-21)32(40)34-24-10-8-23(9-11-24)31(39)41-2/h5-14,17,25,27H,3-4,15-16,18-20,33H2,1-2H3,(H-,34,37,39,40)/p+1/t25-,27-,36?/m0/s1. The number of nitrogens with one attached hydrogen (secondary N) is 1. The van der Waals surface area contributed by atoms with E-state index in [9.17, 15) is 19.5 Å². The minimum Gasteiger partial charge on any atom is -0.508 e. The van der Waals surface area contributed by atoms with Crippen molar-refractivity contribution in [1.29, 1.82) is 0 Å². The molecular weight excluding hydrogens is 552 g/mol. The minimum atomic E-state index is -0.980. The number of benzene rings is 3. The van der Waals surface area contributed by atoms with Crippen molar-refractivity contribution < 1.29 is 38.2 Å². The number of likely N-dealkylation sites (N-methyl/N-ethyl adjacent to an activating group) is 1. The van der Waals surface area contributed by atoms with Gasteiger partial charge in [0.2, 0.25) is 12.7 Å². The van der Waals surface area contributed by atoms with Gasteiger partial charge in [-0.15, -0.1) is 0 Å². The second-order valence-corrected chi connectivity index (χ2v) is 11.4. The van der Waals surface area contributed by atoms with Crippen molar-refractivity contribution in [3.8, 4) is 17.2 Å². The number of urea groups is 1. The van der Waals surface area contributed by atoms with E-state index in [1.165, 1.54) is 24.1 Å². The Morgan fingerprint density at radius 2 is 1.74 bits per heavy atom. The molecular formula is C32H37N4O7+. The molecule has 0 radical (unpaired) electrons. The number of amides is 3. The highest BCUT2D eigenvalue weighted by Gasteiger charge is 2.41. The predicted molar refractivity (Wildman–Crippen MR) is 159 cm³/mol. The summed E-state index contributed by atoms with van der Waals surface area (Å²) in [5.41, 5.74) is 9.03. The van der Waals surface area contributed by atoms with Crippen molar-refractivity contribution in [2.24, 2.45) is 5.73 Å². The number of rotatable bonds is 8. The molecule has 2 aliphatic heterocycles. The third-order valence-corrected chi connectivity index (χ3v) is 7.98. The van der Waals surface area contributed by atoms with Crippen LogP contribution in [0.5, 0.6) is 17.2 Å². The van der Waals surface area contributed by atoms with Gasteiger partial charge in [0.25, 0.3) is 0 Å². The van der Waals surface area contributed by atoms with Crippen LogP contribution in [0.4, 0.5) is 10.5 Å². The number of aromatic hydroxyl groups is 1. The summed E-state index contributed by atoms with van der Waals surface area (Å²) in [6, 6.07) is 16.7. The molecule has 0 aromatic heterocycles. The van der Waals surface area contributed by atoms with Gasteiger partial charge >= 0.3 is 12.0 Å². The zero-order chi connectivity index (χ0) is 30.6. The van der Waals surface area contributed by atoms with Gasteiger partial charge in [0.05, 0.1) is 38.3 Å². The maximum absolute atomic E-state index is 13.9. The maximum Gasteiger partial charge on any atom is 0.337 e. The number of imide groups is 1. The Bertz CT molecular complexity index is 1480. The van der Waals surface area contributed by atoms with E-state index in [0.717, 1.165) is 29.8 Å². The van der Waals surface area contributed by atoms with Gasteiger partial charge in [-0.2, -0.15) is 0 Å². The van der Waals surface area contributed by atoms with E-state index in [1.54, 1.807) is 36.4 Å². The average Bonchev–Trinajstić information content (AvgIpc) is 3.46. The molecule has 3 atom stereocenters. The van der Waals surface area contributed by atoms with Crippen molar-refractivity contribution in [3.05, 3.63) is 83.4 Å². The predicted octanol–water partition coefficient (Wildman–Crippen LogP) is 3.65. The van der Waals surface area contributed by atoms with Gasteiger partial charge in [-0.25, -0.2) is 9.59 Å². The number of anilines is 1. The molecule has 1 saturated heterocycles. The number of esters is 1. The lowest BCUT2D eigenvalue weighted by molar-refractivity contribution is -0.928. The summed E-state index contributed by atoms with van der Waals surface area (Å²) < 4.78 is 16.4. The number of fused-ring (bicyclic) bond motifs is 1. The van der Waals surface area contributed by atoms with Crippen LogP contribution in [-0.2, 0) is 22.5 Å². The molecule has 0 spiro atoms. The van der Waals surface area contributed by atoms with E-state index in [4.69, 9.17) is 19.9 Å². The SMILES string of the molecule is COC(=O)c1ccc(NC(=O)N(C(=O)[C@@H](N)Cc2ccc(O)cc2)[C@H]2CCC[N+](C)(Cc3ccc4c(c3)OCO4)C2)cc1. The van der Waals surface area contributed by atoms with E-state index >= 15 is 0 Å². The van der Waals surface area contributed by atoms with Crippen LogP contribution in [0, 0.1) is 0 Å². The summed E-state index contributed by atoms with van der Waals surface area (Å²) in [6.07, 6.45) is 1.65. The lowest BCUT2D eigenvalue weighted by Gasteiger charge is -2.44. The van der Waals surface area contributed by atoms with Crippen molar-refractivity contribution >= 4 is 23.6 Å². The Kier molecular flexibility index (Phi) is 8.84. The fraction of sp³-hybridized carbons (Fsp3) is 0.344. The maximum atomic E-state index is 13.9. The molecule has 2 aliphatic rings. The molecule has 11 heteroatoms. The first-order valence-corrected chi connectivity index (χ1v) is 14.2. The number of phenolic OH excluding ortho intramolecular Hbond substituents is 1. The van der Waals surface area contributed by atoms with E-state index < -0.39 is 30.0 Å². The van der Waals surface area contributed by atoms with Crippen molar-refractivity contribution in [1.82, 2.24) is 4.90 Å². The molecule has 2 heterocycles. The lowest BCUT2D eigenvalue weighted by atomic mass is 9.98. The zero-order valence-corrected chi connectivity index (χ0v) is 24.3. The first kappa shape index (κ1) is 29.9. The smallest absolute Gasteiger partial charge is 0.337 e. The van der Waals surface area contributed by atoms with E-state index in [-0.39, 0.29) is 19.0 Å². The van der Waals surface area contributed by atoms with Gasteiger partial charge in [-0.05, 0) is 79.4 Å². The highest BCUT2D eigenvalue weighted by atomic mass is 16.7. The normalized spacial score (nSPS) is 19.7. The average molecular weight is 590 g/mol. The number of carbonyl (C=O) groups excluding carboxylic acids is 3. The fourth-order valence-electron chi connectivity index (χ4n) is 5.82. The van der Waals surface area contributed by atoms with Crippen LogP contribution in [0.1, 0.15) is 34.3 Å². The van der Waals surface area contributed by atoms with Gasteiger partial charge < -0.3 is 34.9 Å². The Balaban J connectivity index is 1.37. The van der Waals surface area contributed by atoms with Crippen LogP contribution in [0.15, 0.2) is 66.7 Å². The molecule has 0 aliphatic carbocycles. The molecule has 226 valence electrons. The van der Waals surface area contributed by atoms with E-state index in [1.807, 2.05) is 18.2 Å². The molecule has 3 aromatic rings. The Hall–Kier alpha value is -4.61. The van der Waals surface area contributed by atoms with Crippen molar-refractivity contribution in [2.45, 2.75) is 37.9 Å². The van der Waals surface area contributed by atoms with Gasteiger partial charge in [0, 0.05) is 11.3 Å². The number of methoxy groups -OCH3 is 1. The van der Waals surface area contributed by atoms with E-state index in [2.05, 4.69) is 12.4 Å². The lowest BCUT2D eigenvalue weighted by Crippen LogP contribution is -2.62. The van der Waals surface area contributed by atoms with Crippen LogP contribution in [0.25, 0.3) is 0 Å². The number of phenols is 1. The van der Waals surface area contributed by atoms with Crippen molar-refractivity contribution in [2.75, 3.05) is 39.4 Å². The first-order valence-electron chi connectivity index (χ1n) is 14.2. The van der Waals surface area contributed by atoms with Crippen LogP contribution in [-0.4, -0.2) is 78.5 Å². The minimum absolute atomic E-state index is 0.115. The summed E-state index contributed by atoms with van der Waals surface area (Å²) in [6.45, 7) is 2.31. The first-order chi connectivity index (χ1) is 20.6. The molecule has 0 saturated carbocycles. The summed E-state index contributed by atoms with van der Waals surface area (Å²) in [5, 5.41) is 12.5. The highest BCUT2D eigenvalue weighted by molar-refractivity contribution is 6.03. The number of hydrogen-bond donors (Lipinski definition) is 3. The monoisotopic (exact) mass is 589 g/mol. The van der Waals surface area contributed by atoms with Gasteiger partial charge in [0.15, 0.2) is 11.5 Å². The topological polar surface area (TPSA) is 140 Å². The third-order valence-electron chi connectivity index (χ3n) is 7.98. The van der Waals surface area contributed by atoms with Gasteiger partial charge in [0.1, 0.15) is 18.8 Å². The van der Waals surface area contributed by atoms with Crippen LogP contribution >= 0.6 is 0 Å². The molecule has 1 unspecified atom stereocenters. The largest absolute Gasteiger partial charge is 0.508 e. The summed E-state index contributed by atoms with van der Waals surface area (Å²) in [7, 11) is 3.42. The molecule has 43 heavy (non-hydrogen) atoms. The van der Waals surface area contributed by atoms with Crippen LogP contribution < -0.4 is 20.5 Å². The zero-order valence-electron chi connectivity index (χ0n) is 24.3. The third kappa shape index (κ3) is 7.07. The van der Waals surface area contributed by atoms with Crippen LogP contribution in [0.3, 0.4) is 0 Å². The second kappa shape index (κ2) is 12.7. The van der Waals surface area contributed by atoms with Crippen molar-refractivity contribution in [3.63, 3.8) is 0 Å². The number of piperidine rings is 1.